The third-order valence-corrected chi connectivity index (χ3v) is 2.19. The normalized spacial score (nSPS) is 10.1. The van der Waals surface area contributed by atoms with Crippen molar-refractivity contribution in [2.45, 2.75) is 0 Å². The highest BCUT2D eigenvalue weighted by Gasteiger charge is 2.17. The van der Waals surface area contributed by atoms with E-state index in [1.807, 2.05) is 5.43 Å². The van der Waals surface area contributed by atoms with E-state index in [1.165, 1.54) is 18.4 Å². The lowest BCUT2D eigenvalue weighted by atomic mass is 10.1. The molecule has 2 aromatic rings. The first-order valence-corrected chi connectivity index (χ1v) is 4.61. The number of furan rings is 1. The van der Waals surface area contributed by atoms with Crippen LogP contribution in [0.1, 0.15) is 10.4 Å². The molecule has 0 unspecified atom stereocenters. The Hall–Kier alpha value is -2.27. The average molecular weight is 218 g/mol. The number of nitrogens with two attached hydrogens (primary N) is 1. The molecule has 5 nitrogen and oxygen atoms in total. The SMILES string of the molecule is NNC(=O)c1ccoc1-c1ccccc1O. The summed E-state index contributed by atoms with van der Waals surface area (Å²) < 4.78 is 5.18. The zero-order valence-corrected chi connectivity index (χ0v) is 8.31. The maximum absolute atomic E-state index is 11.4. The van der Waals surface area contributed by atoms with Gasteiger partial charge in [-0.05, 0) is 18.2 Å². The van der Waals surface area contributed by atoms with E-state index >= 15 is 0 Å². The van der Waals surface area contributed by atoms with Crippen LogP contribution in [-0.4, -0.2) is 11.0 Å². The Morgan fingerprint density at radius 1 is 1.31 bits per heavy atom. The maximum atomic E-state index is 11.4. The van der Waals surface area contributed by atoms with E-state index in [4.69, 9.17) is 10.3 Å². The molecule has 1 amide bonds. The number of aromatic hydroxyl groups is 1. The molecule has 0 aliphatic rings. The Labute approximate surface area is 91.5 Å². The van der Waals surface area contributed by atoms with Crippen molar-refractivity contribution in [2.24, 2.45) is 5.84 Å². The molecule has 1 aromatic heterocycles. The lowest BCUT2D eigenvalue weighted by molar-refractivity contribution is 0.0954. The lowest BCUT2D eigenvalue weighted by Gasteiger charge is -2.03. The number of benzene rings is 1. The van der Waals surface area contributed by atoms with Crippen molar-refractivity contribution in [1.82, 2.24) is 5.43 Å². The number of carbonyl (C=O) groups is 1. The predicted octanol–water partition coefficient (Wildman–Crippen LogP) is 1.26. The number of hydrogen-bond acceptors (Lipinski definition) is 4. The van der Waals surface area contributed by atoms with Gasteiger partial charge in [-0.1, -0.05) is 12.1 Å². The van der Waals surface area contributed by atoms with Crippen LogP contribution in [0, 0.1) is 0 Å². The largest absolute Gasteiger partial charge is 0.507 e. The molecular weight excluding hydrogens is 208 g/mol. The van der Waals surface area contributed by atoms with Crippen molar-refractivity contribution in [3.63, 3.8) is 0 Å². The zero-order chi connectivity index (χ0) is 11.5. The Morgan fingerprint density at radius 2 is 2.06 bits per heavy atom. The van der Waals surface area contributed by atoms with Crippen LogP contribution in [0.5, 0.6) is 5.75 Å². The van der Waals surface area contributed by atoms with Gasteiger partial charge in [-0.25, -0.2) is 5.84 Å². The fourth-order valence-electron chi connectivity index (χ4n) is 1.44. The van der Waals surface area contributed by atoms with Crippen LogP contribution in [0.4, 0.5) is 0 Å². The van der Waals surface area contributed by atoms with Gasteiger partial charge in [-0.15, -0.1) is 0 Å². The number of para-hydroxylation sites is 1. The molecule has 2 rings (SSSR count). The number of hydrazine groups is 1. The third-order valence-electron chi connectivity index (χ3n) is 2.19. The molecule has 0 bridgehead atoms. The van der Waals surface area contributed by atoms with Crippen LogP contribution in [0.3, 0.4) is 0 Å². The fourth-order valence-corrected chi connectivity index (χ4v) is 1.44. The first-order chi connectivity index (χ1) is 7.74. The van der Waals surface area contributed by atoms with E-state index in [0.29, 0.717) is 11.3 Å². The summed E-state index contributed by atoms with van der Waals surface area (Å²) in [6, 6.07) is 8.08. The van der Waals surface area contributed by atoms with Gasteiger partial charge in [0.2, 0.25) is 0 Å². The van der Waals surface area contributed by atoms with Crippen LogP contribution in [0.2, 0.25) is 0 Å². The van der Waals surface area contributed by atoms with Crippen LogP contribution in [0.15, 0.2) is 41.0 Å². The highest BCUT2D eigenvalue weighted by molar-refractivity contribution is 5.99. The summed E-state index contributed by atoms with van der Waals surface area (Å²) in [5.41, 5.74) is 2.75. The minimum Gasteiger partial charge on any atom is -0.507 e. The smallest absolute Gasteiger partial charge is 0.269 e. The number of phenolic OH excluding ortho intramolecular Hbond substituents is 1. The summed E-state index contributed by atoms with van der Waals surface area (Å²) in [6.07, 6.45) is 1.37. The third kappa shape index (κ3) is 1.64. The van der Waals surface area contributed by atoms with Gasteiger partial charge < -0.3 is 9.52 Å². The summed E-state index contributed by atoms with van der Waals surface area (Å²) in [4.78, 5) is 11.4. The van der Waals surface area contributed by atoms with E-state index < -0.39 is 5.91 Å². The van der Waals surface area contributed by atoms with Crippen LogP contribution >= 0.6 is 0 Å². The maximum Gasteiger partial charge on any atom is 0.269 e. The van der Waals surface area contributed by atoms with Crippen molar-refractivity contribution in [1.29, 1.82) is 0 Å². The molecular formula is C11H10N2O3. The average Bonchev–Trinajstić information content (AvgIpc) is 2.77. The monoisotopic (exact) mass is 218 g/mol. The zero-order valence-electron chi connectivity index (χ0n) is 8.31. The van der Waals surface area contributed by atoms with E-state index in [0.717, 1.165) is 0 Å². The highest BCUT2D eigenvalue weighted by Crippen LogP contribution is 2.31. The summed E-state index contributed by atoms with van der Waals surface area (Å²) in [5, 5.41) is 9.64. The van der Waals surface area contributed by atoms with Crippen LogP contribution in [0.25, 0.3) is 11.3 Å². The van der Waals surface area contributed by atoms with E-state index in [2.05, 4.69) is 0 Å². The van der Waals surface area contributed by atoms with Gasteiger partial charge in [0.1, 0.15) is 11.5 Å². The molecule has 82 valence electrons. The number of nitrogen functional groups attached to an aromatic ring is 1. The second-order valence-corrected chi connectivity index (χ2v) is 3.15. The molecule has 5 heteroatoms. The van der Waals surface area contributed by atoms with Crippen molar-refractivity contribution < 1.29 is 14.3 Å². The Kier molecular flexibility index (Phi) is 2.61. The number of nitrogens with one attached hydrogen (secondary N) is 1. The van der Waals surface area contributed by atoms with Gasteiger partial charge in [0.15, 0.2) is 0 Å². The molecule has 0 radical (unpaired) electrons. The summed E-state index contributed by atoms with van der Waals surface area (Å²) in [7, 11) is 0. The molecule has 0 aliphatic carbocycles. The molecule has 4 N–H and O–H groups in total. The van der Waals surface area contributed by atoms with Gasteiger partial charge in [0, 0.05) is 0 Å². The first kappa shape index (κ1) is 10.3. The molecule has 1 heterocycles. The lowest BCUT2D eigenvalue weighted by Crippen LogP contribution is -2.29. The van der Waals surface area contributed by atoms with E-state index in [1.54, 1.807) is 18.2 Å². The molecule has 0 saturated heterocycles. The Morgan fingerprint density at radius 3 is 2.75 bits per heavy atom. The predicted molar refractivity (Wildman–Crippen MR) is 57.5 cm³/mol. The Balaban J connectivity index is 2.53. The Bertz CT molecular complexity index is 519. The van der Waals surface area contributed by atoms with Crippen molar-refractivity contribution >= 4 is 5.91 Å². The second kappa shape index (κ2) is 4.08. The fraction of sp³-hybridized carbons (Fsp3) is 0. The standard InChI is InChI=1S/C11H10N2O3/c12-13-11(15)8-5-6-16-10(8)7-3-1-2-4-9(7)14/h1-6,14H,12H2,(H,13,15). The van der Waals surface area contributed by atoms with Crippen LogP contribution < -0.4 is 11.3 Å². The van der Waals surface area contributed by atoms with Crippen molar-refractivity contribution in [3.05, 3.63) is 42.2 Å². The quantitative estimate of drug-likeness (QED) is 0.402. The molecule has 0 spiro atoms. The number of hydrogen-bond donors (Lipinski definition) is 3. The number of carbonyl (C=O) groups excluding carboxylic acids is 1. The van der Waals surface area contributed by atoms with Gasteiger partial charge in [-0.2, -0.15) is 0 Å². The second-order valence-electron chi connectivity index (χ2n) is 3.15. The van der Waals surface area contributed by atoms with Gasteiger partial charge in [0.05, 0.1) is 17.4 Å². The van der Waals surface area contributed by atoms with Gasteiger partial charge in [0.25, 0.3) is 5.91 Å². The van der Waals surface area contributed by atoms with E-state index in [9.17, 15) is 9.90 Å². The van der Waals surface area contributed by atoms with Crippen molar-refractivity contribution in [3.8, 4) is 17.1 Å². The summed E-state index contributed by atoms with van der Waals surface area (Å²) >= 11 is 0. The molecule has 0 aliphatic heterocycles. The summed E-state index contributed by atoms with van der Waals surface area (Å²) in [5.74, 6) is 4.92. The first-order valence-electron chi connectivity index (χ1n) is 4.61. The molecule has 0 atom stereocenters. The topological polar surface area (TPSA) is 88.5 Å². The molecule has 16 heavy (non-hydrogen) atoms. The minimum absolute atomic E-state index is 0.0449. The van der Waals surface area contributed by atoms with Crippen molar-refractivity contribution in [2.75, 3.05) is 0 Å². The molecule has 0 fully saturated rings. The summed E-state index contributed by atoms with van der Waals surface area (Å²) in [6.45, 7) is 0. The number of rotatable bonds is 2. The molecule has 0 saturated carbocycles. The van der Waals surface area contributed by atoms with Crippen LogP contribution in [-0.2, 0) is 0 Å². The number of phenols is 1. The van der Waals surface area contributed by atoms with E-state index in [-0.39, 0.29) is 11.3 Å². The highest BCUT2D eigenvalue weighted by atomic mass is 16.3. The minimum atomic E-state index is -0.466. The number of amides is 1. The molecule has 1 aromatic carbocycles. The van der Waals surface area contributed by atoms with Gasteiger partial charge in [-0.3, -0.25) is 10.2 Å². The van der Waals surface area contributed by atoms with Gasteiger partial charge >= 0.3 is 0 Å².